The second-order valence-electron chi connectivity index (χ2n) is 11.0. The lowest BCUT2D eigenvalue weighted by molar-refractivity contribution is -0.147. The van der Waals surface area contributed by atoms with Crippen molar-refractivity contribution in [3.63, 3.8) is 0 Å². The number of hydrogen-bond acceptors (Lipinski definition) is 8. The average Bonchev–Trinajstić information content (AvgIpc) is 3.67. The Morgan fingerprint density at radius 3 is 2.62 bits per heavy atom. The van der Waals surface area contributed by atoms with Gasteiger partial charge in [0.1, 0.15) is 10.8 Å². The van der Waals surface area contributed by atoms with Gasteiger partial charge >= 0.3 is 0 Å². The SMILES string of the molecule is COC(CN(CC1CCCC1)C(=O)CCOCCc1ccc(O)c(C2(c3nccs3)CCN(C)CC2)c1)OC. The van der Waals surface area contributed by atoms with Crippen molar-refractivity contribution in [1.82, 2.24) is 14.8 Å². The summed E-state index contributed by atoms with van der Waals surface area (Å²) in [6, 6.07) is 5.91. The van der Waals surface area contributed by atoms with Crippen LogP contribution in [0.3, 0.4) is 0 Å². The van der Waals surface area contributed by atoms with Gasteiger partial charge in [-0.15, -0.1) is 11.3 Å². The summed E-state index contributed by atoms with van der Waals surface area (Å²) in [6.07, 6.45) is 9.20. The minimum absolute atomic E-state index is 0.0839. The second kappa shape index (κ2) is 14.6. The van der Waals surface area contributed by atoms with E-state index in [-0.39, 0.29) is 11.3 Å². The van der Waals surface area contributed by atoms with Gasteiger partial charge < -0.3 is 29.1 Å². The van der Waals surface area contributed by atoms with Gasteiger partial charge in [0.2, 0.25) is 5.91 Å². The van der Waals surface area contributed by atoms with E-state index in [0.29, 0.717) is 37.8 Å². The number of hydrogen-bond donors (Lipinski definition) is 1. The van der Waals surface area contributed by atoms with Crippen molar-refractivity contribution in [2.24, 2.45) is 5.92 Å². The van der Waals surface area contributed by atoms with Crippen LogP contribution >= 0.6 is 11.3 Å². The number of ether oxygens (including phenoxy) is 3. The number of rotatable bonds is 14. The van der Waals surface area contributed by atoms with E-state index >= 15 is 0 Å². The summed E-state index contributed by atoms with van der Waals surface area (Å²) in [5.74, 6) is 0.975. The average molecular weight is 560 g/mol. The van der Waals surface area contributed by atoms with Crippen molar-refractivity contribution in [3.8, 4) is 5.75 Å². The fourth-order valence-electron chi connectivity index (χ4n) is 6.00. The van der Waals surface area contributed by atoms with Crippen LogP contribution in [0.4, 0.5) is 0 Å². The third kappa shape index (κ3) is 7.79. The topological polar surface area (TPSA) is 84.4 Å². The van der Waals surface area contributed by atoms with Crippen LogP contribution in [0.15, 0.2) is 29.8 Å². The van der Waals surface area contributed by atoms with E-state index < -0.39 is 6.29 Å². The minimum atomic E-state index is -0.419. The number of piperidine rings is 1. The largest absolute Gasteiger partial charge is 0.508 e. The highest BCUT2D eigenvalue weighted by atomic mass is 32.1. The fraction of sp³-hybridized carbons (Fsp3) is 0.667. The number of carbonyl (C=O) groups excluding carboxylic acids is 1. The van der Waals surface area contributed by atoms with Crippen molar-refractivity contribution in [2.45, 2.75) is 63.1 Å². The van der Waals surface area contributed by atoms with E-state index in [1.54, 1.807) is 25.6 Å². The summed E-state index contributed by atoms with van der Waals surface area (Å²) in [4.78, 5) is 22.0. The summed E-state index contributed by atoms with van der Waals surface area (Å²) < 4.78 is 16.7. The Kier molecular flexibility index (Phi) is 11.2. The van der Waals surface area contributed by atoms with Gasteiger partial charge in [-0.3, -0.25) is 4.79 Å². The molecule has 2 heterocycles. The predicted molar refractivity (Wildman–Crippen MR) is 153 cm³/mol. The lowest BCUT2D eigenvalue weighted by Gasteiger charge is -2.40. The fourth-order valence-corrected chi connectivity index (χ4v) is 6.91. The molecule has 216 valence electrons. The lowest BCUT2D eigenvalue weighted by Crippen LogP contribution is -2.41. The number of phenols is 1. The molecule has 8 nitrogen and oxygen atoms in total. The highest BCUT2D eigenvalue weighted by molar-refractivity contribution is 7.09. The van der Waals surface area contributed by atoms with Crippen LogP contribution in [-0.4, -0.2) is 92.7 Å². The molecule has 1 aromatic carbocycles. The molecule has 2 aromatic rings. The molecule has 2 aliphatic rings. The number of amides is 1. The third-order valence-electron chi connectivity index (χ3n) is 8.46. The summed E-state index contributed by atoms with van der Waals surface area (Å²) in [7, 11) is 5.36. The van der Waals surface area contributed by atoms with E-state index in [1.807, 2.05) is 28.6 Å². The van der Waals surface area contributed by atoms with Crippen LogP contribution in [0.5, 0.6) is 5.75 Å². The van der Waals surface area contributed by atoms with Crippen molar-refractivity contribution < 1.29 is 24.1 Å². The maximum Gasteiger partial charge on any atom is 0.225 e. The monoisotopic (exact) mass is 559 g/mol. The molecule has 39 heavy (non-hydrogen) atoms. The number of thiazole rings is 1. The molecule has 1 aliphatic carbocycles. The number of likely N-dealkylation sites (tertiary alicyclic amines) is 1. The first kappa shape index (κ1) is 29.9. The van der Waals surface area contributed by atoms with Crippen LogP contribution in [0.25, 0.3) is 0 Å². The second-order valence-corrected chi connectivity index (χ2v) is 11.9. The first-order chi connectivity index (χ1) is 18.9. The molecule has 1 saturated heterocycles. The number of nitrogens with zero attached hydrogens (tertiary/aromatic N) is 3. The molecule has 4 rings (SSSR count). The van der Waals surface area contributed by atoms with E-state index in [0.717, 1.165) is 55.0 Å². The van der Waals surface area contributed by atoms with Crippen LogP contribution in [0, 0.1) is 5.92 Å². The molecular weight excluding hydrogens is 514 g/mol. The van der Waals surface area contributed by atoms with Crippen LogP contribution in [-0.2, 0) is 30.8 Å². The van der Waals surface area contributed by atoms with E-state index in [9.17, 15) is 9.90 Å². The van der Waals surface area contributed by atoms with Gasteiger partial charge in [0.15, 0.2) is 6.29 Å². The van der Waals surface area contributed by atoms with Gasteiger partial charge in [-0.2, -0.15) is 0 Å². The maximum atomic E-state index is 13.1. The predicted octanol–water partition coefficient (Wildman–Crippen LogP) is 4.45. The molecule has 0 bridgehead atoms. The molecule has 0 unspecified atom stereocenters. The van der Waals surface area contributed by atoms with Gasteiger partial charge in [-0.05, 0) is 69.8 Å². The Bertz CT molecular complexity index is 1010. The first-order valence-corrected chi connectivity index (χ1v) is 15.1. The summed E-state index contributed by atoms with van der Waals surface area (Å²) in [5.41, 5.74) is 1.82. The molecule has 0 atom stereocenters. The first-order valence-electron chi connectivity index (χ1n) is 14.3. The van der Waals surface area contributed by atoms with Crippen LogP contribution in [0.2, 0.25) is 0 Å². The standard InChI is InChI=1S/C30H45N3O5S/c1-32-15-12-30(13-16-32,29-31-14-19-39-29)25-20-23(8-9-26(25)34)10-17-38-18-11-27(35)33(22-28(36-2)37-3)21-24-6-4-5-7-24/h8-9,14,19-20,24,28,34H,4-7,10-13,15-18,21-22H2,1-3H3. The molecule has 0 spiro atoms. The highest BCUT2D eigenvalue weighted by Gasteiger charge is 2.41. The smallest absolute Gasteiger partial charge is 0.225 e. The number of carbonyl (C=O) groups is 1. The third-order valence-corrected chi connectivity index (χ3v) is 9.43. The van der Waals surface area contributed by atoms with Crippen LogP contribution < -0.4 is 0 Å². The minimum Gasteiger partial charge on any atom is -0.508 e. The summed E-state index contributed by atoms with van der Waals surface area (Å²) >= 11 is 1.67. The van der Waals surface area contributed by atoms with Gasteiger partial charge in [-0.1, -0.05) is 25.0 Å². The summed E-state index contributed by atoms with van der Waals surface area (Å²) in [5, 5.41) is 14.0. The van der Waals surface area contributed by atoms with E-state index in [4.69, 9.17) is 14.2 Å². The van der Waals surface area contributed by atoms with Crippen molar-refractivity contribution in [2.75, 3.05) is 60.7 Å². The number of aromatic hydroxyl groups is 1. The molecule has 0 radical (unpaired) electrons. The molecule has 1 saturated carbocycles. The summed E-state index contributed by atoms with van der Waals surface area (Å²) in [6.45, 7) is 4.03. The Balaban J connectivity index is 1.32. The lowest BCUT2D eigenvalue weighted by atomic mass is 9.72. The number of methoxy groups -OCH3 is 2. The molecular formula is C30H45N3O5S. The van der Waals surface area contributed by atoms with Gasteiger partial charge in [0.25, 0.3) is 0 Å². The molecule has 1 aromatic heterocycles. The molecule has 1 aliphatic heterocycles. The molecule has 9 heteroatoms. The highest BCUT2D eigenvalue weighted by Crippen LogP contribution is 2.46. The Hall–Kier alpha value is -2.04. The molecule has 2 fully saturated rings. The zero-order valence-electron chi connectivity index (χ0n) is 23.8. The Labute approximate surface area is 237 Å². The number of benzene rings is 1. The van der Waals surface area contributed by atoms with E-state index in [1.165, 1.54) is 25.7 Å². The van der Waals surface area contributed by atoms with Crippen molar-refractivity contribution in [3.05, 3.63) is 45.9 Å². The molecule has 1 N–H and O–H groups in total. The van der Waals surface area contributed by atoms with Gasteiger partial charge in [0.05, 0.1) is 31.6 Å². The normalized spacial score (nSPS) is 18.2. The van der Waals surface area contributed by atoms with Gasteiger partial charge in [0, 0.05) is 37.9 Å². The van der Waals surface area contributed by atoms with Crippen molar-refractivity contribution in [1.29, 1.82) is 0 Å². The van der Waals surface area contributed by atoms with Crippen molar-refractivity contribution >= 4 is 17.2 Å². The Morgan fingerprint density at radius 2 is 1.95 bits per heavy atom. The number of aromatic nitrogens is 1. The maximum absolute atomic E-state index is 13.1. The molecule has 1 amide bonds. The zero-order valence-corrected chi connectivity index (χ0v) is 24.6. The zero-order chi connectivity index (χ0) is 27.7. The van der Waals surface area contributed by atoms with E-state index in [2.05, 4.69) is 23.0 Å². The quantitative estimate of drug-likeness (QED) is 0.271. The van der Waals surface area contributed by atoms with Crippen LogP contribution in [0.1, 0.15) is 61.1 Å². The van der Waals surface area contributed by atoms with Gasteiger partial charge in [-0.25, -0.2) is 4.98 Å². The number of phenolic OH excluding ortho intramolecular Hbond substituents is 1. The Morgan fingerprint density at radius 1 is 1.21 bits per heavy atom.